The summed E-state index contributed by atoms with van der Waals surface area (Å²) < 4.78 is 0. The third-order valence-corrected chi connectivity index (χ3v) is 2.17. The van der Waals surface area contributed by atoms with E-state index < -0.39 is 0 Å². The molecule has 0 saturated heterocycles. The Hall–Kier alpha value is -1.12. The molecule has 1 aromatic rings. The van der Waals surface area contributed by atoms with Gasteiger partial charge in [0.2, 0.25) is 0 Å². The maximum absolute atomic E-state index is 5.46. The summed E-state index contributed by atoms with van der Waals surface area (Å²) in [7, 11) is 0. The van der Waals surface area contributed by atoms with E-state index in [-0.39, 0.29) is 6.04 Å². The number of nitrogens with two attached hydrogens (primary N) is 1. The summed E-state index contributed by atoms with van der Waals surface area (Å²) in [4.78, 5) is 0. The number of hydrogen-bond donors (Lipinski definition) is 2. The van der Waals surface area contributed by atoms with Gasteiger partial charge in [0.05, 0.1) is 0 Å². The first-order valence-electron chi connectivity index (χ1n) is 4.42. The molecule has 0 aliphatic heterocycles. The molecule has 1 aromatic carbocycles. The highest BCUT2D eigenvalue weighted by atomic mass is 15.2. The fourth-order valence-electron chi connectivity index (χ4n) is 1.43. The van der Waals surface area contributed by atoms with Crippen molar-refractivity contribution in [2.24, 2.45) is 5.84 Å². The van der Waals surface area contributed by atoms with Crippen LogP contribution in [-0.4, -0.2) is 0 Å². The van der Waals surface area contributed by atoms with Crippen molar-refractivity contribution < 1.29 is 0 Å². The van der Waals surface area contributed by atoms with Gasteiger partial charge in [-0.15, -0.1) is 6.58 Å². The molecule has 0 aromatic heterocycles. The molecule has 0 aliphatic rings. The second-order valence-corrected chi connectivity index (χ2v) is 3.10. The monoisotopic (exact) mass is 176 g/mol. The average molecular weight is 176 g/mol. The van der Waals surface area contributed by atoms with Gasteiger partial charge in [-0.1, -0.05) is 30.3 Å². The van der Waals surface area contributed by atoms with Crippen LogP contribution in [0.5, 0.6) is 0 Å². The molecule has 0 heterocycles. The van der Waals surface area contributed by atoms with E-state index in [0.717, 1.165) is 6.42 Å². The molecule has 2 nitrogen and oxygen atoms in total. The molecular weight excluding hydrogens is 160 g/mol. The van der Waals surface area contributed by atoms with E-state index in [1.165, 1.54) is 11.1 Å². The fraction of sp³-hybridized carbons (Fsp3) is 0.273. The lowest BCUT2D eigenvalue weighted by molar-refractivity contribution is 0.559. The van der Waals surface area contributed by atoms with Crippen LogP contribution in [0.3, 0.4) is 0 Å². The number of rotatable bonds is 4. The average Bonchev–Trinajstić information content (AvgIpc) is 2.16. The Bertz CT molecular complexity index is 281. The standard InChI is InChI=1S/C11H16N2/c1-3-6-11(13-12)10-8-5-4-7-9(10)2/h3-5,7-8,11,13H,1,6,12H2,2H3. The molecule has 1 unspecified atom stereocenters. The van der Waals surface area contributed by atoms with Crippen molar-refractivity contribution in [2.45, 2.75) is 19.4 Å². The lowest BCUT2D eigenvalue weighted by atomic mass is 9.99. The molecule has 1 atom stereocenters. The third-order valence-electron chi connectivity index (χ3n) is 2.17. The van der Waals surface area contributed by atoms with Gasteiger partial charge in [0.1, 0.15) is 0 Å². The van der Waals surface area contributed by atoms with Crippen LogP contribution >= 0.6 is 0 Å². The molecule has 0 radical (unpaired) electrons. The van der Waals surface area contributed by atoms with E-state index in [2.05, 4.69) is 31.1 Å². The maximum Gasteiger partial charge on any atom is 0.0496 e. The molecule has 0 fully saturated rings. The van der Waals surface area contributed by atoms with E-state index in [0.29, 0.717) is 0 Å². The highest BCUT2D eigenvalue weighted by Crippen LogP contribution is 2.19. The summed E-state index contributed by atoms with van der Waals surface area (Å²) >= 11 is 0. The van der Waals surface area contributed by atoms with Gasteiger partial charge in [-0.05, 0) is 24.5 Å². The van der Waals surface area contributed by atoms with Crippen molar-refractivity contribution >= 4 is 0 Å². The van der Waals surface area contributed by atoms with Gasteiger partial charge in [0, 0.05) is 6.04 Å². The molecule has 2 heteroatoms. The number of nitrogens with one attached hydrogen (secondary N) is 1. The fourth-order valence-corrected chi connectivity index (χ4v) is 1.43. The number of aryl methyl sites for hydroxylation is 1. The summed E-state index contributed by atoms with van der Waals surface area (Å²) in [5.74, 6) is 5.46. The smallest absolute Gasteiger partial charge is 0.0496 e. The maximum atomic E-state index is 5.46. The number of hydrazine groups is 1. The second kappa shape index (κ2) is 4.80. The highest BCUT2D eigenvalue weighted by Gasteiger charge is 2.08. The second-order valence-electron chi connectivity index (χ2n) is 3.10. The van der Waals surface area contributed by atoms with Crippen LogP contribution in [0, 0.1) is 6.92 Å². The number of hydrogen-bond acceptors (Lipinski definition) is 2. The predicted molar refractivity (Wildman–Crippen MR) is 56.1 cm³/mol. The van der Waals surface area contributed by atoms with Crippen LogP contribution in [0.4, 0.5) is 0 Å². The van der Waals surface area contributed by atoms with E-state index in [4.69, 9.17) is 5.84 Å². The van der Waals surface area contributed by atoms with Gasteiger partial charge >= 0.3 is 0 Å². The van der Waals surface area contributed by atoms with Crippen molar-refractivity contribution in [1.82, 2.24) is 5.43 Å². The Morgan fingerprint density at radius 1 is 1.54 bits per heavy atom. The lowest BCUT2D eigenvalue weighted by Gasteiger charge is -2.16. The Labute approximate surface area is 79.4 Å². The van der Waals surface area contributed by atoms with Crippen molar-refractivity contribution in [1.29, 1.82) is 0 Å². The first-order valence-corrected chi connectivity index (χ1v) is 4.42. The minimum absolute atomic E-state index is 0.179. The van der Waals surface area contributed by atoms with E-state index in [1.807, 2.05) is 18.2 Å². The lowest BCUT2D eigenvalue weighted by Crippen LogP contribution is -2.28. The van der Waals surface area contributed by atoms with Crippen molar-refractivity contribution in [2.75, 3.05) is 0 Å². The molecule has 0 saturated carbocycles. The van der Waals surface area contributed by atoms with Gasteiger partial charge in [-0.25, -0.2) is 0 Å². The normalized spacial score (nSPS) is 12.5. The van der Waals surface area contributed by atoms with Crippen LogP contribution < -0.4 is 11.3 Å². The summed E-state index contributed by atoms with van der Waals surface area (Å²) in [6.07, 6.45) is 2.72. The zero-order valence-corrected chi connectivity index (χ0v) is 7.96. The van der Waals surface area contributed by atoms with E-state index in [9.17, 15) is 0 Å². The summed E-state index contributed by atoms with van der Waals surface area (Å²) in [5, 5.41) is 0. The molecule has 3 N–H and O–H groups in total. The molecular formula is C11H16N2. The molecule has 0 aliphatic carbocycles. The topological polar surface area (TPSA) is 38.0 Å². The van der Waals surface area contributed by atoms with Crippen LogP contribution in [-0.2, 0) is 0 Å². The quantitative estimate of drug-likeness (QED) is 0.419. The van der Waals surface area contributed by atoms with Crippen molar-refractivity contribution in [3.63, 3.8) is 0 Å². The van der Waals surface area contributed by atoms with Gasteiger partial charge in [-0.2, -0.15) is 0 Å². The minimum atomic E-state index is 0.179. The summed E-state index contributed by atoms with van der Waals surface area (Å²) in [5.41, 5.74) is 5.29. The van der Waals surface area contributed by atoms with Crippen molar-refractivity contribution in [3.05, 3.63) is 48.0 Å². The third kappa shape index (κ3) is 2.41. The zero-order chi connectivity index (χ0) is 9.68. The highest BCUT2D eigenvalue weighted by molar-refractivity contribution is 5.28. The molecule has 0 bridgehead atoms. The SMILES string of the molecule is C=CCC(NN)c1ccccc1C. The summed E-state index contributed by atoms with van der Waals surface area (Å²) in [6, 6.07) is 8.40. The molecule has 0 amide bonds. The number of benzene rings is 1. The minimum Gasteiger partial charge on any atom is -0.271 e. The summed E-state index contributed by atoms with van der Waals surface area (Å²) in [6.45, 7) is 5.79. The van der Waals surface area contributed by atoms with Gasteiger partial charge in [0.25, 0.3) is 0 Å². The first kappa shape index (κ1) is 9.96. The van der Waals surface area contributed by atoms with Gasteiger partial charge < -0.3 is 0 Å². The van der Waals surface area contributed by atoms with Crippen LogP contribution in [0.25, 0.3) is 0 Å². The van der Waals surface area contributed by atoms with E-state index >= 15 is 0 Å². The largest absolute Gasteiger partial charge is 0.271 e. The molecule has 13 heavy (non-hydrogen) atoms. The van der Waals surface area contributed by atoms with Gasteiger partial charge in [-0.3, -0.25) is 11.3 Å². The zero-order valence-electron chi connectivity index (χ0n) is 7.96. The van der Waals surface area contributed by atoms with Crippen LogP contribution in [0.1, 0.15) is 23.6 Å². The van der Waals surface area contributed by atoms with Crippen molar-refractivity contribution in [3.8, 4) is 0 Å². The van der Waals surface area contributed by atoms with Gasteiger partial charge in [0.15, 0.2) is 0 Å². The van der Waals surface area contributed by atoms with Crippen LogP contribution in [0.15, 0.2) is 36.9 Å². The van der Waals surface area contributed by atoms with Crippen LogP contribution in [0.2, 0.25) is 0 Å². The first-order chi connectivity index (χ1) is 6.29. The Balaban J connectivity index is 2.90. The Morgan fingerprint density at radius 2 is 2.23 bits per heavy atom. The Morgan fingerprint density at radius 3 is 2.77 bits per heavy atom. The molecule has 70 valence electrons. The Kier molecular flexibility index (Phi) is 3.68. The molecule has 0 spiro atoms. The molecule has 1 rings (SSSR count). The predicted octanol–water partition coefficient (Wildman–Crippen LogP) is 2.08. The van der Waals surface area contributed by atoms with E-state index in [1.54, 1.807) is 0 Å².